The Morgan fingerprint density at radius 3 is 1.09 bits per heavy atom. The van der Waals surface area contributed by atoms with Crippen LogP contribution in [0.1, 0.15) is 54.2 Å². The molecule has 0 aromatic heterocycles. The van der Waals surface area contributed by atoms with Crippen LogP contribution in [0, 0.1) is 0 Å². The van der Waals surface area contributed by atoms with Gasteiger partial charge in [-0.2, -0.15) is 0 Å². The minimum absolute atomic E-state index is 0.287. The van der Waals surface area contributed by atoms with E-state index in [-0.39, 0.29) is 10.8 Å². The van der Waals surface area contributed by atoms with Crippen molar-refractivity contribution in [2.45, 2.75) is 35.9 Å². The number of benzene rings is 6. The number of carbonyl (C=O) groups is 1. The zero-order chi connectivity index (χ0) is 38.4. The number of thioether (sulfide) groups is 2. The van der Waals surface area contributed by atoms with Gasteiger partial charge in [-0.25, -0.2) is 4.79 Å². The van der Waals surface area contributed by atoms with Gasteiger partial charge in [0, 0.05) is 37.7 Å². The molecule has 6 heteroatoms. The molecule has 0 aliphatic heterocycles. The second-order valence-electron chi connectivity index (χ2n) is 14.5. The lowest BCUT2D eigenvalue weighted by Gasteiger charge is -2.36. The quantitative estimate of drug-likeness (QED) is 0.0740. The third-order valence-corrected chi connectivity index (χ3v) is 12.6. The molecule has 0 radical (unpaired) electrons. The highest BCUT2D eigenvalue weighted by Gasteiger charge is 2.38. The zero-order valence-corrected chi connectivity index (χ0v) is 33.8. The fourth-order valence-corrected chi connectivity index (χ4v) is 10.1. The number of nitrogens with one attached hydrogen (secondary N) is 1. The molecular weight excluding hydrogens is 713 g/mol. The van der Waals surface area contributed by atoms with E-state index in [0.29, 0.717) is 25.4 Å². The van der Waals surface area contributed by atoms with Gasteiger partial charge in [0.1, 0.15) is 5.60 Å². The van der Waals surface area contributed by atoms with Crippen molar-refractivity contribution in [3.63, 3.8) is 0 Å². The van der Waals surface area contributed by atoms with Crippen molar-refractivity contribution in [1.82, 2.24) is 10.2 Å². The first-order chi connectivity index (χ1) is 26.8. The topological polar surface area (TPSA) is 41.6 Å². The van der Waals surface area contributed by atoms with E-state index in [0.717, 1.165) is 12.3 Å². The van der Waals surface area contributed by atoms with Crippen LogP contribution in [0.2, 0.25) is 0 Å². The Morgan fingerprint density at radius 1 is 0.473 bits per heavy atom. The number of amides is 1. The maximum atomic E-state index is 13.7. The van der Waals surface area contributed by atoms with E-state index in [2.05, 4.69) is 187 Å². The maximum Gasteiger partial charge on any atom is 0.410 e. The number of ether oxygens (including phenoxy) is 1. The Labute approximate surface area is 336 Å². The smallest absolute Gasteiger partial charge is 0.410 e. The molecule has 1 N–H and O–H groups in total. The second-order valence-corrected chi connectivity index (χ2v) is 17.1. The van der Waals surface area contributed by atoms with Crippen molar-refractivity contribution < 1.29 is 9.53 Å². The van der Waals surface area contributed by atoms with E-state index in [1.807, 2.05) is 49.2 Å². The molecule has 0 unspecified atom stereocenters. The second kappa shape index (κ2) is 19.2. The first-order valence-corrected chi connectivity index (χ1v) is 21.1. The molecular formula is C49H52N2O2S2. The van der Waals surface area contributed by atoms with Crippen LogP contribution in [0.25, 0.3) is 0 Å². The molecule has 0 saturated heterocycles. The number of hydrogen-bond donors (Lipinski definition) is 1. The van der Waals surface area contributed by atoms with Gasteiger partial charge < -0.3 is 15.0 Å². The van der Waals surface area contributed by atoms with Crippen LogP contribution in [0.4, 0.5) is 4.79 Å². The van der Waals surface area contributed by atoms with Crippen LogP contribution in [0.3, 0.4) is 0 Å². The summed E-state index contributed by atoms with van der Waals surface area (Å²) in [6, 6.07) is 64.5. The normalized spacial score (nSPS) is 11.9. The van der Waals surface area contributed by atoms with Crippen molar-refractivity contribution in [3.05, 3.63) is 215 Å². The average Bonchev–Trinajstić information content (AvgIpc) is 3.23. The molecule has 0 fully saturated rings. The largest absolute Gasteiger partial charge is 0.444 e. The maximum absolute atomic E-state index is 13.7. The predicted octanol–water partition coefficient (Wildman–Crippen LogP) is 11.3. The summed E-state index contributed by atoms with van der Waals surface area (Å²) >= 11 is 3.80. The molecule has 0 spiro atoms. The molecule has 0 atom stereocenters. The van der Waals surface area contributed by atoms with Gasteiger partial charge in [-0.3, -0.25) is 0 Å². The minimum atomic E-state index is -0.593. The lowest BCUT2D eigenvalue weighted by molar-refractivity contribution is 0.0264. The Bertz CT molecular complexity index is 1810. The molecule has 6 aromatic rings. The lowest BCUT2D eigenvalue weighted by Crippen LogP contribution is -2.42. The average molecular weight is 765 g/mol. The molecule has 0 bridgehead atoms. The monoisotopic (exact) mass is 764 g/mol. The zero-order valence-electron chi connectivity index (χ0n) is 32.1. The van der Waals surface area contributed by atoms with Crippen LogP contribution in [0.15, 0.2) is 182 Å². The van der Waals surface area contributed by atoms with Gasteiger partial charge in [-0.15, -0.1) is 23.5 Å². The predicted molar refractivity (Wildman–Crippen MR) is 234 cm³/mol. The molecule has 0 saturated carbocycles. The standard InChI is InChI=1S/C49H52N2O2S2/c1-47(2,3)53-46(52)51(37-39-55-49(43-28-16-7-17-29-43,44-30-18-8-19-31-44)45-32-20-9-21-33-45)36-34-50-35-38-54-48(40-22-10-4-11-23-40,41-24-12-5-13-25-41)42-26-14-6-15-27-42/h4-33,50H,34-39H2,1-3H3. The molecule has 55 heavy (non-hydrogen) atoms. The summed E-state index contributed by atoms with van der Waals surface area (Å²) in [6.07, 6.45) is -0.287. The fraction of sp³-hybridized carbons (Fsp3) is 0.245. The van der Waals surface area contributed by atoms with E-state index in [4.69, 9.17) is 4.74 Å². The third kappa shape index (κ3) is 9.93. The Morgan fingerprint density at radius 2 is 0.782 bits per heavy atom. The number of nitrogens with zero attached hydrogens (tertiary/aromatic N) is 1. The van der Waals surface area contributed by atoms with Gasteiger partial charge in [0.15, 0.2) is 0 Å². The van der Waals surface area contributed by atoms with Gasteiger partial charge in [0.25, 0.3) is 0 Å². The third-order valence-electron chi connectivity index (χ3n) is 9.57. The Hall–Kier alpha value is -4.75. The molecule has 0 heterocycles. The van der Waals surface area contributed by atoms with Gasteiger partial charge in [0.2, 0.25) is 0 Å². The van der Waals surface area contributed by atoms with Gasteiger partial charge in [-0.05, 0) is 54.2 Å². The van der Waals surface area contributed by atoms with E-state index in [9.17, 15) is 4.79 Å². The first kappa shape index (κ1) is 39.9. The summed E-state index contributed by atoms with van der Waals surface area (Å²) < 4.78 is 5.13. The molecule has 0 aliphatic carbocycles. The number of carbonyl (C=O) groups excluding carboxylic acids is 1. The number of hydrogen-bond acceptors (Lipinski definition) is 5. The molecule has 1 amide bonds. The van der Waals surface area contributed by atoms with Crippen molar-refractivity contribution in [2.75, 3.05) is 37.7 Å². The molecule has 282 valence electrons. The summed E-state index contributed by atoms with van der Waals surface area (Å²) in [7, 11) is 0. The van der Waals surface area contributed by atoms with Crippen LogP contribution in [-0.4, -0.2) is 54.3 Å². The van der Waals surface area contributed by atoms with Crippen molar-refractivity contribution in [2.24, 2.45) is 0 Å². The highest BCUT2D eigenvalue weighted by Crippen LogP contribution is 2.49. The summed E-state index contributed by atoms with van der Waals surface area (Å²) in [4.78, 5) is 15.6. The summed E-state index contributed by atoms with van der Waals surface area (Å²) in [5.74, 6) is 1.58. The Balaban J connectivity index is 1.17. The fourth-order valence-electron chi connectivity index (χ4n) is 7.08. The number of rotatable bonds is 17. The van der Waals surface area contributed by atoms with Gasteiger partial charge in [0.05, 0.1) is 9.49 Å². The van der Waals surface area contributed by atoms with Crippen molar-refractivity contribution in [1.29, 1.82) is 0 Å². The van der Waals surface area contributed by atoms with Crippen molar-refractivity contribution >= 4 is 29.6 Å². The van der Waals surface area contributed by atoms with E-state index < -0.39 is 10.3 Å². The lowest BCUT2D eigenvalue weighted by atomic mass is 9.84. The van der Waals surface area contributed by atoms with E-state index in [1.165, 1.54) is 33.4 Å². The molecule has 0 aliphatic rings. The van der Waals surface area contributed by atoms with E-state index in [1.54, 1.807) is 0 Å². The summed E-state index contributed by atoms with van der Waals surface area (Å²) in [6.45, 7) is 8.31. The molecule has 6 aromatic carbocycles. The highest BCUT2D eigenvalue weighted by atomic mass is 32.2. The molecule has 6 rings (SSSR count). The van der Waals surface area contributed by atoms with Crippen LogP contribution in [-0.2, 0) is 14.2 Å². The molecule has 4 nitrogen and oxygen atoms in total. The SMILES string of the molecule is CC(C)(C)OC(=O)N(CCNCCSC(c1ccccc1)(c1ccccc1)c1ccccc1)CCSC(c1ccccc1)(c1ccccc1)c1ccccc1. The van der Waals surface area contributed by atoms with Crippen molar-refractivity contribution in [3.8, 4) is 0 Å². The van der Waals surface area contributed by atoms with Gasteiger partial charge in [-0.1, -0.05) is 182 Å². The summed E-state index contributed by atoms with van der Waals surface area (Å²) in [5, 5.41) is 3.67. The van der Waals surface area contributed by atoms with Crippen LogP contribution in [0.5, 0.6) is 0 Å². The van der Waals surface area contributed by atoms with Gasteiger partial charge >= 0.3 is 6.09 Å². The van der Waals surface area contributed by atoms with E-state index >= 15 is 0 Å². The highest BCUT2D eigenvalue weighted by molar-refractivity contribution is 8.00. The van der Waals surface area contributed by atoms with Crippen LogP contribution < -0.4 is 5.32 Å². The Kier molecular flexibility index (Phi) is 13.9. The first-order valence-electron chi connectivity index (χ1n) is 19.1. The van der Waals surface area contributed by atoms with Crippen LogP contribution >= 0.6 is 23.5 Å². The summed E-state index contributed by atoms with van der Waals surface area (Å²) in [5.41, 5.74) is 6.79. The minimum Gasteiger partial charge on any atom is -0.444 e.